The molecule has 0 saturated heterocycles. The van der Waals surface area contributed by atoms with Crippen LogP contribution in [-0.4, -0.2) is 66.6 Å². The largest absolute Gasteiger partial charge is 0.561 e. The second-order valence-corrected chi connectivity index (χ2v) is 8.11. The quantitative estimate of drug-likeness (QED) is 0.211. The molecule has 0 fully saturated rings. The van der Waals surface area contributed by atoms with Crippen LogP contribution in [0.5, 0.6) is 0 Å². The number of carbonyl (C=O) groups is 1. The molecule has 0 saturated carbocycles. The number of carbonyl (C=O) groups excluding carboxylic acids is 1. The molecule has 0 aliphatic heterocycles. The van der Waals surface area contributed by atoms with Gasteiger partial charge in [-0.05, 0) is 0 Å². The lowest BCUT2D eigenvalue weighted by Crippen LogP contribution is -2.69. The van der Waals surface area contributed by atoms with Crippen molar-refractivity contribution in [2.45, 2.75) is 32.2 Å². The van der Waals surface area contributed by atoms with Crippen LogP contribution in [0.3, 0.4) is 0 Å². The van der Waals surface area contributed by atoms with Crippen molar-refractivity contribution in [3.8, 4) is 0 Å². The molecule has 0 aliphatic rings. The molecule has 0 aromatic carbocycles. The number of ether oxygens (including phenoxy) is 1. The standard InChI is InChI=1S/C13H28NO5Si/c1-9-12(20(16-6,17-7)18-8)14(4,5)11(3)19-13(15)10-2/h10-12H,2,9H2,1,3-8H3/q+1. The van der Waals surface area contributed by atoms with Crippen molar-refractivity contribution in [2.75, 3.05) is 35.4 Å². The van der Waals surface area contributed by atoms with E-state index in [4.69, 9.17) is 18.0 Å². The van der Waals surface area contributed by atoms with Crippen molar-refractivity contribution in [3.63, 3.8) is 0 Å². The average molecular weight is 306 g/mol. The average Bonchev–Trinajstić information content (AvgIpc) is 2.44. The van der Waals surface area contributed by atoms with Gasteiger partial charge in [0.1, 0.15) is 0 Å². The van der Waals surface area contributed by atoms with Crippen molar-refractivity contribution < 1.29 is 27.3 Å². The van der Waals surface area contributed by atoms with E-state index < -0.39 is 14.8 Å². The lowest BCUT2D eigenvalue weighted by molar-refractivity contribution is -0.947. The number of rotatable bonds is 9. The summed E-state index contributed by atoms with van der Waals surface area (Å²) in [6, 6.07) is 0. The number of hydrogen-bond acceptors (Lipinski definition) is 5. The van der Waals surface area contributed by atoms with Gasteiger partial charge in [-0.3, -0.25) is 4.48 Å². The minimum Gasteiger partial charge on any atom is -0.410 e. The van der Waals surface area contributed by atoms with Crippen molar-refractivity contribution in [3.05, 3.63) is 12.7 Å². The van der Waals surface area contributed by atoms with Crippen molar-refractivity contribution in [1.29, 1.82) is 0 Å². The van der Waals surface area contributed by atoms with Crippen molar-refractivity contribution in [1.82, 2.24) is 0 Å². The molecule has 0 aromatic rings. The highest BCUT2D eigenvalue weighted by molar-refractivity contribution is 6.62. The van der Waals surface area contributed by atoms with E-state index in [9.17, 15) is 4.79 Å². The first-order valence-electron chi connectivity index (χ1n) is 6.57. The zero-order valence-corrected chi connectivity index (χ0v) is 14.6. The second-order valence-electron chi connectivity index (χ2n) is 5.01. The summed E-state index contributed by atoms with van der Waals surface area (Å²) in [4.78, 5) is 11.4. The van der Waals surface area contributed by atoms with Crippen LogP contribution in [0.1, 0.15) is 20.3 Å². The van der Waals surface area contributed by atoms with Gasteiger partial charge in [0.2, 0.25) is 6.23 Å². The van der Waals surface area contributed by atoms with Crippen LogP contribution in [0.15, 0.2) is 12.7 Å². The van der Waals surface area contributed by atoms with Crippen LogP contribution in [-0.2, 0) is 22.8 Å². The molecule has 0 amide bonds. The van der Waals surface area contributed by atoms with Crippen LogP contribution < -0.4 is 0 Å². The van der Waals surface area contributed by atoms with Crippen LogP contribution in [0.4, 0.5) is 0 Å². The Kier molecular flexibility index (Phi) is 7.60. The van der Waals surface area contributed by atoms with Gasteiger partial charge < -0.3 is 18.0 Å². The predicted molar refractivity (Wildman–Crippen MR) is 78.7 cm³/mol. The molecule has 0 bridgehead atoms. The molecule has 0 aliphatic carbocycles. The summed E-state index contributed by atoms with van der Waals surface area (Å²) in [5.41, 5.74) is -0.0601. The van der Waals surface area contributed by atoms with Gasteiger partial charge in [-0.1, -0.05) is 13.5 Å². The predicted octanol–water partition coefficient (Wildman–Crippen LogP) is 1.33. The molecule has 20 heavy (non-hydrogen) atoms. The van der Waals surface area contributed by atoms with Gasteiger partial charge in [0.25, 0.3) is 0 Å². The molecule has 118 valence electrons. The molecular formula is C13H28NO5Si+. The Bertz CT molecular complexity index is 322. The fourth-order valence-corrected chi connectivity index (χ4v) is 5.23. The number of quaternary nitrogens is 1. The highest BCUT2D eigenvalue weighted by atomic mass is 28.4. The van der Waals surface area contributed by atoms with Gasteiger partial charge >= 0.3 is 14.8 Å². The number of hydrogen-bond donors (Lipinski definition) is 0. The molecule has 0 heterocycles. The van der Waals surface area contributed by atoms with E-state index in [2.05, 4.69) is 6.58 Å². The number of esters is 1. The van der Waals surface area contributed by atoms with E-state index in [1.54, 1.807) is 21.3 Å². The smallest absolute Gasteiger partial charge is 0.410 e. The molecule has 2 unspecified atom stereocenters. The van der Waals surface area contributed by atoms with Crippen LogP contribution >= 0.6 is 0 Å². The third-order valence-electron chi connectivity index (χ3n) is 3.84. The summed E-state index contributed by atoms with van der Waals surface area (Å²) in [6.45, 7) is 7.28. The normalized spacial score (nSPS) is 15.6. The van der Waals surface area contributed by atoms with Gasteiger partial charge in [-0.25, -0.2) is 4.79 Å². The minimum atomic E-state index is -2.85. The van der Waals surface area contributed by atoms with Gasteiger partial charge in [0.15, 0.2) is 5.67 Å². The summed E-state index contributed by atoms with van der Waals surface area (Å²) < 4.78 is 22.5. The monoisotopic (exact) mass is 306 g/mol. The Morgan fingerprint density at radius 1 is 1.25 bits per heavy atom. The van der Waals surface area contributed by atoms with Crippen LogP contribution in [0, 0.1) is 0 Å². The summed E-state index contributed by atoms with van der Waals surface area (Å²) in [5, 5.41) is 0. The first-order chi connectivity index (χ1) is 9.25. The molecule has 0 spiro atoms. The molecule has 0 aromatic heterocycles. The maximum atomic E-state index is 11.4. The Morgan fingerprint density at radius 2 is 1.70 bits per heavy atom. The van der Waals surface area contributed by atoms with Crippen LogP contribution in [0.25, 0.3) is 0 Å². The Morgan fingerprint density at radius 3 is 2.00 bits per heavy atom. The molecule has 7 heteroatoms. The lowest BCUT2D eigenvalue weighted by Gasteiger charge is -2.45. The summed E-state index contributed by atoms with van der Waals surface area (Å²) in [6.07, 6.45) is 1.55. The summed E-state index contributed by atoms with van der Waals surface area (Å²) in [7, 11) is 5.84. The third-order valence-corrected chi connectivity index (χ3v) is 7.44. The summed E-state index contributed by atoms with van der Waals surface area (Å²) >= 11 is 0. The SMILES string of the molecule is C=CC(=O)OC(C)[N+](C)(C)C(CC)[Si](OC)(OC)OC. The molecule has 2 atom stereocenters. The first kappa shape index (κ1) is 19.3. The van der Waals surface area contributed by atoms with Crippen LogP contribution in [0.2, 0.25) is 0 Å². The van der Waals surface area contributed by atoms with Gasteiger partial charge in [-0.2, -0.15) is 0 Å². The molecule has 6 nitrogen and oxygen atoms in total. The van der Waals surface area contributed by atoms with E-state index in [0.29, 0.717) is 4.48 Å². The second kappa shape index (κ2) is 7.89. The minimum absolute atomic E-state index is 0.0601. The van der Waals surface area contributed by atoms with Gasteiger partial charge in [0.05, 0.1) is 14.1 Å². The van der Waals surface area contributed by atoms with Crippen molar-refractivity contribution in [2.24, 2.45) is 0 Å². The zero-order chi connectivity index (χ0) is 16.0. The maximum Gasteiger partial charge on any atom is 0.561 e. The molecule has 0 N–H and O–H groups in total. The van der Waals surface area contributed by atoms with E-state index >= 15 is 0 Å². The van der Waals surface area contributed by atoms with Gasteiger partial charge in [0, 0.05) is 40.7 Å². The number of nitrogens with zero attached hydrogens (tertiary/aromatic N) is 1. The first-order valence-corrected chi connectivity index (χ1v) is 8.37. The Hall–Kier alpha value is -0.733. The zero-order valence-electron chi connectivity index (χ0n) is 13.6. The highest BCUT2D eigenvalue weighted by Gasteiger charge is 2.57. The topological polar surface area (TPSA) is 54.0 Å². The summed E-state index contributed by atoms with van der Waals surface area (Å²) in [5.74, 6) is -0.446. The van der Waals surface area contributed by atoms with Crippen molar-refractivity contribution >= 4 is 14.8 Å². The lowest BCUT2D eigenvalue weighted by atomic mass is 10.3. The van der Waals surface area contributed by atoms with E-state index in [1.165, 1.54) is 0 Å². The molecular weight excluding hydrogens is 278 g/mol. The van der Waals surface area contributed by atoms with E-state index in [0.717, 1.165) is 12.5 Å². The highest BCUT2D eigenvalue weighted by Crippen LogP contribution is 2.27. The maximum absolute atomic E-state index is 11.4. The van der Waals surface area contributed by atoms with Gasteiger partial charge in [-0.15, -0.1) is 0 Å². The molecule has 0 rings (SSSR count). The Labute approximate surface area is 123 Å². The van der Waals surface area contributed by atoms with E-state index in [-0.39, 0.29) is 11.9 Å². The fourth-order valence-electron chi connectivity index (χ4n) is 2.39. The third kappa shape index (κ3) is 3.89. The fraction of sp³-hybridized carbons (Fsp3) is 0.769. The Balaban J connectivity index is 5.38. The van der Waals surface area contributed by atoms with E-state index in [1.807, 2.05) is 27.9 Å². The molecule has 0 radical (unpaired) electrons.